The maximum atomic E-state index is 13.1. The second kappa shape index (κ2) is 4.93. The number of nitrogens with two attached hydrogens (primary N) is 1. The summed E-state index contributed by atoms with van der Waals surface area (Å²) in [7, 11) is 0. The van der Waals surface area contributed by atoms with Gasteiger partial charge in [-0.05, 0) is 30.3 Å². The molecule has 0 aliphatic rings. The van der Waals surface area contributed by atoms with Gasteiger partial charge in [0.2, 0.25) is 0 Å². The molecule has 0 aromatic heterocycles. The Morgan fingerprint density at radius 3 is 2.32 bits per heavy atom. The Labute approximate surface area is 111 Å². The fourth-order valence-corrected chi connectivity index (χ4v) is 1.80. The number of carbonyl (C=O) groups is 1. The lowest BCUT2D eigenvalue weighted by atomic mass is 10.0. The zero-order valence-electron chi connectivity index (χ0n) is 9.38. The maximum Gasteiger partial charge on any atom is 0.196 e. The molecule has 2 aromatic carbocycles. The van der Waals surface area contributed by atoms with Crippen molar-refractivity contribution in [2.24, 2.45) is 0 Å². The lowest BCUT2D eigenvalue weighted by Gasteiger charge is -2.07. The molecule has 0 fully saturated rings. The largest absolute Gasteiger partial charge is 0.398 e. The first-order valence-corrected chi connectivity index (χ1v) is 5.52. The van der Waals surface area contributed by atoms with Crippen molar-refractivity contribution >= 4 is 23.1 Å². The summed E-state index contributed by atoms with van der Waals surface area (Å²) in [5.74, 6) is -3.84. The van der Waals surface area contributed by atoms with Gasteiger partial charge in [-0.1, -0.05) is 11.6 Å². The molecule has 0 saturated carbocycles. The highest BCUT2D eigenvalue weighted by atomic mass is 35.5. The van der Waals surface area contributed by atoms with Crippen LogP contribution in [0.5, 0.6) is 0 Å². The van der Waals surface area contributed by atoms with E-state index in [1.807, 2.05) is 0 Å². The topological polar surface area (TPSA) is 43.1 Å². The van der Waals surface area contributed by atoms with E-state index in [1.165, 1.54) is 6.07 Å². The lowest BCUT2D eigenvalue weighted by Crippen LogP contribution is -2.07. The zero-order chi connectivity index (χ0) is 14.2. The van der Waals surface area contributed by atoms with E-state index >= 15 is 0 Å². The van der Waals surface area contributed by atoms with E-state index in [0.29, 0.717) is 12.1 Å². The number of rotatable bonds is 2. The van der Waals surface area contributed by atoms with Crippen LogP contribution in [0.2, 0.25) is 5.02 Å². The molecule has 0 saturated heterocycles. The van der Waals surface area contributed by atoms with Crippen molar-refractivity contribution in [2.45, 2.75) is 0 Å². The molecule has 0 atom stereocenters. The van der Waals surface area contributed by atoms with Gasteiger partial charge in [0.15, 0.2) is 17.4 Å². The predicted octanol–water partition coefficient (Wildman–Crippen LogP) is 3.57. The zero-order valence-corrected chi connectivity index (χ0v) is 10.1. The van der Waals surface area contributed by atoms with Crippen LogP contribution in [-0.4, -0.2) is 5.78 Å². The van der Waals surface area contributed by atoms with Gasteiger partial charge < -0.3 is 5.73 Å². The van der Waals surface area contributed by atoms with Crippen LogP contribution in [0.25, 0.3) is 0 Å². The van der Waals surface area contributed by atoms with Gasteiger partial charge in [0.25, 0.3) is 0 Å². The Hall–Kier alpha value is -2.01. The van der Waals surface area contributed by atoms with Crippen LogP contribution in [-0.2, 0) is 0 Å². The minimum Gasteiger partial charge on any atom is -0.398 e. The third-order valence-corrected chi connectivity index (χ3v) is 2.83. The van der Waals surface area contributed by atoms with Gasteiger partial charge in [-0.2, -0.15) is 0 Å². The van der Waals surface area contributed by atoms with E-state index in [4.69, 9.17) is 17.3 Å². The highest BCUT2D eigenvalue weighted by Crippen LogP contribution is 2.25. The Kier molecular flexibility index (Phi) is 3.48. The van der Waals surface area contributed by atoms with E-state index in [1.54, 1.807) is 0 Å². The van der Waals surface area contributed by atoms with Gasteiger partial charge in [-0.25, -0.2) is 13.2 Å². The quantitative estimate of drug-likeness (QED) is 0.521. The summed E-state index contributed by atoms with van der Waals surface area (Å²) >= 11 is 5.68. The molecule has 2 N–H and O–H groups in total. The summed E-state index contributed by atoms with van der Waals surface area (Å²) in [6.45, 7) is 0. The van der Waals surface area contributed by atoms with E-state index < -0.39 is 23.2 Å². The normalized spacial score (nSPS) is 10.5. The molecule has 0 radical (unpaired) electrons. The number of halogens is 4. The van der Waals surface area contributed by atoms with Crippen LogP contribution in [0.4, 0.5) is 18.9 Å². The van der Waals surface area contributed by atoms with Crippen molar-refractivity contribution in [3.63, 3.8) is 0 Å². The number of benzene rings is 2. The van der Waals surface area contributed by atoms with Crippen LogP contribution in [0.3, 0.4) is 0 Å². The maximum absolute atomic E-state index is 13.1. The summed E-state index contributed by atoms with van der Waals surface area (Å²) in [6, 6.07) is 4.54. The molecule has 0 bridgehead atoms. The number of hydrogen-bond donors (Lipinski definition) is 1. The number of ketones is 1. The molecule has 0 unspecified atom stereocenters. The minimum absolute atomic E-state index is 0.0206. The van der Waals surface area contributed by atoms with Crippen LogP contribution in [0.15, 0.2) is 30.3 Å². The van der Waals surface area contributed by atoms with Crippen molar-refractivity contribution in [3.8, 4) is 0 Å². The molecule has 2 nitrogen and oxygen atoms in total. The van der Waals surface area contributed by atoms with Crippen LogP contribution in [0, 0.1) is 17.5 Å². The van der Waals surface area contributed by atoms with Crippen LogP contribution >= 0.6 is 11.6 Å². The Balaban J connectivity index is 2.56. The second-order valence-electron chi connectivity index (χ2n) is 3.81. The van der Waals surface area contributed by atoms with Gasteiger partial charge in [0, 0.05) is 16.8 Å². The highest BCUT2D eigenvalue weighted by molar-refractivity contribution is 6.35. The SMILES string of the molecule is Nc1ccc(F)cc1C(=O)c1cc(F)c(F)cc1Cl. The first-order valence-electron chi connectivity index (χ1n) is 5.14. The average Bonchev–Trinajstić information content (AvgIpc) is 2.36. The Bertz CT molecular complexity index is 673. The standard InChI is InChI=1S/C13H7ClF3NO/c14-9-5-11(17)10(16)4-7(9)13(19)8-3-6(15)1-2-12(8)18/h1-5H,18H2. The molecule has 98 valence electrons. The van der Waals surface area contributed by atoms with Crippen LogP contribution in [0.1, 0.15) is 15.9 Å². The number of carbonyl (C=O) groups excluding carboxylic acids is 1. The van der Waals surface area contributed by atoms with Gasteiger partial charge in [0.05, 0.1) is 5.02 Å². The van der Waals surface area contributed by atoms with Crippen molar-refractivity contribution in [3.05, 3.63) is 63.9 Å². The molecule has 0 spiro atoms. The minimum atomic E-state index is -1.22. The van der Waals surface area contributed by atoms with Gasteiger partial charge >= 0.3 is 0 Å². The molecular formula is C13H7ClF3NO. The number of anilines is 1. The van der Waals surface area contributed by atoms with Crippen molar-refractivity contribution < 1.29 is 18.0 Å². The molecular weight excluding hydrogens is 279 g/mol. The van der Waals surface area contributed by atoms with Gasteiger partial charge in [0.1, 0.15) is 5.82 Å². The van der Waals surface area contributed by atoms with Gasteiger partial charge in [-0.3, -0.25) is 4.79 Å². The molecule has 2 aromatic rings. The first-order chi connectivity index (χ1) is 8.90. The van der Waals surface area contributed by atoms with E-state index in [-0.39, 0.29) is 21.8 Å². The first kappa shape index (κ1) is 13.4. The lowest BCUT2D eigenvalue weighted by molar-refractivity contribution is 0.103. The molecule has 0 amide bonds. The summed E-state index contributed by atoms with van der Waals surface area (Å²) in [5, 5.41) is -0.271. The van der Waals surface area contributed by atoms with E-state index in [9.17, 15) is 18.0 Å². The van der Waals surface area contributed by atoms with Crippen LogP contribution < -0.4 is 5.73 Å². The number of nitrogen functional groups attached to an aromatic ring is 1. The fraction of sp³-hybridized carbons (Fsp3) is 0. The smallest absolute Gasteiger partial charge is 0.196 e. The summed E-state index contributed by atoms with van der Waals surface area (Å²) in [5.41, 5.74) is 5.13. The summed E-state index contributed by atoms with van der Waals surface area (Å²) in [4.78, 5) is 12.1. The summed E-state index contributed by atoms with van der Waals surface area (Å²) in [6.07, 6.45) is 0. The molecule has 0 heterocycles. The Morgan fingerprint density at radius 2 is 1.63 bits per heavy atom. The van der Waals surface area contributed by atoms with Gasteiger partial charge in [-0.15, -0.1) is 0 Å². The molecule has 0 aliphatic heterocycles. The monoisotopic (exact) mass is 285 g/mol. The molecule has 19 heavy (non-hydrogen) atoms. The third-order valence-electron chi connectivity index (χ3n) is 2.51. The van der Waals surface area contributed by atoms with Crippen molar-refractivity contribution in [2.75, 3.05) is 5.73 Å². The van der Waals surface area contributed by atoms with Crippen molar-refractivity contribution in [1.29, 1.82) is 0 Å². The third kappa shape index (κ3) is 2.56. The number of hydrogen-bond acceptors (Lipinski definition) is 2. The molecule has 6 heteroatoms. The molecule has 0 aliphatic carbocycles. The van der Waals surface area contributed by atoms with E-state index in [0.717, 1.165) is 12.1 Å². The van der Waals surface area contributed by atoms with E-state index in [2.05, 4.69) is 0 Å². The summed E-state index contributed by atoms with van der Waals surface area (Å²) < 4.78 is 39.1. The predicted molar refractivity (Wildman–Crippen MR) is 65.6 cm³/mol. The average molecular weight is 286 g/mol. The second-order valence-corrected chi connectivity index (χ2v) is 4.21. The fourth-order valence-electron chi connectivity index (χ4n) is 1.57. The highest BCUT2D eigenvalue weighted by Gasteiger charge is 2.19. The van der Waals surface area contributed by atoms with Crippen molar-refractivity contribution in [1.82, 2.24) is 0 Å². The molecule has 2 rings (SSSR count). The Morgan fingerprint density at radius 1 is 1.00 bits per heavy atom.